The smallest absolute Gasteiger partial charge is 0.390 e. The lowest BCUT2D eigenvalue weighted by Crippen LogP contribution is -2.23. The molecule has 1 heterocycles. The molecule has 0 aliphatic rings. The number of hydrogen-bond acceptors (Lipinski definition) is 3. The van der Waals surface area contributed by atoms with E-state index in [9.17, 15) is 0 Å². The fourth-order valence-corrected chi connectivity index (χ4v) is 1.84. The molecule has 0 aliphatic carbocycles. The second-order valence-electron chi connectivity index (χ2n) is 2.28. The van der Waals surface area contributed by atoms with Crippen molar-refractivity contribution in [2.45, 2.75) is 6.04 Å². The molecule has 65 valence electrons. The number of hydrogen-bond donors (Lipinski definition) is 0. The summed E-state index contributed by atoms with van der Waals surface area (Å²) in [5, 5.41) is 0. The predicted molar refractivity (Wildman–Crippen MR) is 47.7 cm³/mol. The molecule has 0 atom stereocenters. The zero-order chi connectivity index (χ0) is 8.81. The first-order valence-corrected chi connectivity index (χ1v) is 5.23. The van der Waals surface area contributed by atoms with E-state index in [-0.39, 0.29) is 0 Å². The summed E-state index contributed by atoms with van der Waals surface area (Å²) in [5.41, 5.74) is 1.02. The first-order chi connectivity index (χ1) is 5.86. The SMILES string of the molecule is CO[Si](Cc1ccccn1)OC. The van der Waals surface area contributed by atoms with Gasteiger partial charge in [-0.3, -0.25) is 4.98 Å². The first kappa shape index (κ1) is 9.38. The number of nitrogens with zero attached hydrogens (tertiary/aromatic N) is 1. The second kappa shape index (κ2) is 5.03. The lowest BCUT2D eigenvalue weighted by molar-refractivity contribution is 0.276. The molecule has 1 aromatic rings. The highest BCUT2D eigenvalue weighted by Gasteiger charge is 2.12. The fraction of sp³-hybridized carbons (Fsp3) is 0.375. The summed E-state index contributed by atoms with van der Waals surface area (Å²) in [7, 11) is 2.20. The van der Waals surface area contributed by atoms with Crippen LogP contribution in [0, 0.1) is 0 Å². The Hall–Kier alpha value is -0.713. The van der Waals surface area contributed by atoms with Crippen LogP contribution in [-0.2, 0) is 14.9 Å². The van der Waals surface area contributed by atoms with Gasteiger partial charge in [0, 0.05) is 32.2 Å². The third kappa shape index (κ3) is 2.73. The molecule has 4 heteroatoms. The molecule has 0 saturated carbocycles. The minimum Gasteiger partial charge on any atom is -0.396 e. The zero-order valence-electron chi connectivity index (χ0n) is 7.28. The molecule has 0 unspecified atom stereocenters. The molecular weight excluding hydrogens is 170 g/mol. The Morgan fingerprint density at radius 2 is 2.08 bits per heavy atom. The van der Waals surface area contributed by atoms with Gasteiger partial charge in [-0.15, -0.1) is 0 Å². The summed E-state index contributed by atoms with van der Waals surface area (Å²) in [6.07, 6.45) is 1.78. The summed E-state index contributed by atoms with van der Waals surface area (Å²) in [5.74, 6) is 0. The van der Waals surface area contributed by atoms with Crippen molar-refractivity contribution in [2.75, 3.05) is 14.2 Å². The topological polar surface area (TPSA) is 31.4 Å². The van der Waals surface area contributed by atoms with Gasteiger partial charge in [-0.2, -0.15) is 0 Å². The van der Waals surface area contributed by atoms with Gasteiger partial charge in [-0.05, 0) is 12.1 Å². The third-order valence-electron chi connectivity index (χ3n) is 1.51. The van der Waals surface area contributed by atoms with E-state index in [0.717, 1.165) is 11.7 Å². The van der Waals surface area contributed by atoms with E-state index in [2.05, 4.69) is 4.98 Å². The molecule has 0 bridgehead atoms. The van der Waals surface area contributed by atoms with Gasteiger partial charge in [0.05, 0.1) is 0 Å². The van der Waals surface area contributed by atoms with E-state index >= 15 is 0 Å². The van der Waals surface area contributed by atoms with Crippen LogP contribution < -0.4 is 0 Å². The van der Waals surface area contributed by atoms with Crippen LogP contribution >= 0.6 is 0 Å². The van der Waals surface area contributed by atoms with Crippen LogP contribution in [0.5, 0.6) is 0 Å². The van der Waals surface area contributed by atoms with E-state index < -0.39 is 9.28 Å². The van der Waals surface area contributed by atoms with Crippen molar-refractivity contribution in [1.82, 2.24) is 4.98 Å². The predicted octanol–water partition coefficient (Wildman–Crippen LogP) is 0.944. The van der Waals surface area contributed by atoms with E-state index in [1.165, 1.54) is 0 Å². The number of aromatic nitrogens is 1. The van der Waals surface area contributed by atoms with Gasteiger partial charge >= 0.3 is 9.28 Å². The zero-order valence-corrected chi connectivity index (χ0v) is 8.28. The average Bonchev–Trinajstić information content (AvgIpc) is 2.16. The van der Waals surface area contributed by atoms with Crippen LogP contribution in [0.15, 0.2) is 24.4 Å². The van der Waals surface area contributed by atoms with Gasteiger partial charge in [-0.1, -0.05) is 6.07 Å². The Morgan fingerprint density at radius 3 is 2.58 bits per heavy atom. The second-order valence-corrected chi connectivity index (χ2v) is 4.19. The van der Waals surface area contributed by atoms with Crippen LogP contribution in [0.3, 0.4) is 0 Å². The van der Waals surface area contributed by atoms with Crippen LogP contribution in [0.4, 0.5) is 0 Å². The van der Waals surface area contributed by atoms with Crippen LogP contribution in [0.2, 0.25) is 0 Å². The molecule has 1 radical (unpaired) electrons. The minimum atomic E-state index is -1.14. The van der Waals surface area contributed by atoms with E-state index in [4.69, 9.17) is 8.85 Å². The van der Waals surface area contributed by atoms with Gasteiger partial charge < -0.3 is 8.85 Å². The maximum Gasteiger partial charge on any atom is 0.390 e. The highest BCUT2D eigenvalue weighted by Crippen LogP contribution is 1.98. The summed E-state index contributed by atoms with van der Waals surface area (Å²) in [6, 6.07) is 6.63. The maximum absolute atomic E-state index is 5.14. The van der Waals surface area contributed by atoms with Crippen LogP contribution in [0.25, 0.3) is 0 Å². The number of rotatable bonds is 4. The van der Waals surface area contributed by atoms with Crippen molar-refractivity contribution in [2.24, 2.45) is 0 Å². The van der Waals surface area contributed by atoms with E-state index in [1.54, 1.807) is 20.4 Å². The van der Waals surface area contributed by atoms with E-state index in [1.807, 2.05) is 18.2 Å². The molecule has 0 amide bonds. The van der Waals surface area contributed by atoms with Gasteiger partial charge in [0.25, 0.3) is 0 Å². The van der Waals surface area contributed by atoms with Crippen LogP contribution in [-0.4, -0.2) is 28.5 Å². The summed E-state index contributed by atoms with van der Waals surface area (Å²) in [4.78, 5) is 4.18. The molecule has 1 aromatic heterocycles. The number of pyridine rings is 1. The monoisotopic (exact) mass is 182 g/mol. The molecule has 0 fully saturated rings. The molecule has 0 N–H and O–H groups in total. The van der Waals surface area contributed by atoms with Gasteiger partial charge in [0.15, 0.2) is 0 Å². The average molecular weight is 182 g/mol. The summed E-state index contributed by atoms with van der Waals surface area (Å²) in [6.45, 7) is 0. The Labute approximate surface area is 74.2 Å². The lowest BCUT2D eigenvalue weighted by atomic mass is 10.4. The van der Waals surface area contributed by atoms with Gasteiger partial charge in [0.2, 0.25) is 0 Å². The molecule has 1 rings (SSSR count). The quantitative estimate of drug-likeness (QED) is 0.649. The van der Waals surface area contributed by atoms with Crippen molar-refractivity contribution >= 4 is 9.28 Å². The molecule has 12 heavy (non-hydrogen) atoms. The Morgan fingerprint density at radius 1 is 1.33 bits per heavy atom. The maximum atomic E-state index is 5.14. The highest BCUT2D eigenvalue weighted by molar-refractivity contribution is 6.43. The lowest BCUT2D eigenvalue weighted by Gasteiger charge is -2.07. The molecule has 0 aromatic carbocycles. The van der Waals surface area contributed by atoms with Gasteiger partial charge in [-0.25, -0.2) is 0 Å². The van der Waals surface area contributed by atoms with Crippen molar-refractivity contribution in [3.8, 4) is 0 Å². The molecule has 3 nitrogen and oxygen atoms in total. The normalized spacial score (nSPS) is 10.6. The standard InChI is InChI=1S/C8H12NO2Si/c1-10-12(11-2)7-8-5-3-4-6-9-8/h3-6H,7H2,1-2H3. The van der Waals surface area contributed by atoms with Crippen molar-refractivity contribution in [1.29, 1.82) is 0 Å². The van der Waals surface area contributed by atoms with Crippen molar-refractivity contribution in [3.63, 3.8) is 0 Å². The third-order valence-corrected chi connectivity index (χ3v) is 3.07. The van der Waals surface area contributed by atoms with Crippen molar-refractivity contribution in [3.05, 3.63) is 30.1 Å². The summed E-state index contributed by atoms with van der Waals surface area (Å²) < 4.78 is 10.3. The minimum absolute atomic E-state index is 0.790. The fourth-order valence-electron chi connectivity index (χ4n) is 0.878. The Kier molecular flexibility index (Phi) is 3.93. The molecule has 0 saturated heterocycles. The Bertz CT molecular complexity index is 214. The summed E-state index contributed by atoms with van der Waals surface area (Å²) >= 11 is 0. The first-order valence-electron chi connectivity index (χ1n) is 3.70. The molecule has 0 aliphatic heterocycles. The highest BCUT2D eigenvalue weighted by atomic mass is 28.3. The van der Waals surface area contributed by atoms with Crippen LogP contribution in [0.1, 0.15) is 5.69 Å². The van der Waals surface area contributed by atoms with E-state index in [0.29, 0.717) is 0 Å². The largest absolute Gasteiger partial charge is 0.396 e. The molecular formula is C8H12NO2Si. The molecule has 0 spiro atoms. The Balaban J connectivity index is 2.51. The van der Waals surface area contributed by atoms with Crippen molar-refractivity contribution < 1.29 is 8.85 Å². The van der Waals surface area contributed by atoms with Gasteiger partial charge in [0.1, 0.15) is 0 Å².